The Kier molecular flexibility index (Phi) is 4.77. The molecule has 1 aromatic carbocycles. The molecule has 0 spiro atoms. The second kappa shape index (κ2) is 7.36. The van der Waals surface area contributed by atoms with Crippen LogP contribution in [-0.4, -0.2) is 40.5 Å². The Balaban J connectivity index is 1.41. The van der Waals surface area contributed by atoms with Crippen molar-refractivity contribution in [1.29, 1.82) is 0 Å². The maximum absolute atomic E-state index is 12.6. The number of benzene rings is 1. The van der Waals surface area contributed by atoms with Crippen molar-refractivity contribution >= 4 is 5.91 Å². The number of H-pyrrole nitrogens is 1. The van der Waals surface area contributed by atoms with Gasteiger partial charge < -0.3 is 14.6 Å². The lowest BCUT2D eigenvalue weighted by molar-refractivity contribution is 0.0919. The van der Waals surface area contributed by atoms with Crippen LogP contribution in [0.25, 0.3) is 11.3 Å². The highest BCUT2D eigenvalue weighted by Gasteiger charge is 2.31. The molecule has 0 saturated carbocycles. The lowest BCUT2D eigenvalue weighted by Crippen LogP contribution is -2.40. The highest BCUT2D eigenvalue weighted by atomic mass is 16.5. The molecule has 1 aliphatic rings. The van der Waals surface area contributed by atoms with Gasteiger partial charge in [0.1, 0.15) is 11.5 Å². The third kappa shape index (κ3) is 3.93. The summed E-state index contributed by atoms with van der Waals surface area (Å²) in [4.78, 5) is 12.6. The van der Waals surface area contributed by atoms with Crippen molar-refractivity contribution < 1.29 is 14.1 Å². The molecule has 7 heteroatoms. The van der Waals surface area contributed by atoms with Gasteiger partial charge in [0.25, 0.3) is 5.91 Å². The number of carbonyl (C=O) groups excluding carboxylic acids is 1. The number of aromatic amines is 1. The number of ether oxygens (including phenoxy) is 1. The zero-order chi connectivity index (χ0) is 18.8. The minimum absolute atomic E-state index is 0.0750. The Bertz CT molecular complexity index is 929. The summed E-state index contributed by atoms with van der Waals surface area (Å²) in [5, 5.41) is 14.1. The van der Waals surface area contributed by atoms with Gasteiger partial charge in [0.05, 0.1) is 30.6 Å². The number of nitrogens with one attached hydrogen (secondary N) is 2. The van der Waals surface area contributed by atoms with Crippen molar-refractivity contribution in [3.63, 3.8) is 0 Å². The van der Waals surface area contributed by atoms with E-state index in [-0.39, 0.29) is 17.9 Å². The van der Waals surface area contributed by atoms with Gasteiger partial charge in [-0.2, -0.15) is 5.10 Å². The molecule has 0 radical (unpaired) electrons. The molecule has 0 aliphatic carbocycles. The van der Waals surface area contributed by atoms with E-state index in [9.17, 15) is 4.79 Å². The molecule has 3 heterocycles. The molecule has 1 saturated heterocycles. The molecule has 2 atom stereocenters. The van der Waals surface area contributed by atoms with Gasteiger partial charge in [0.15, 0.2) is 0 Å². The van der Waals surface area contributed by atoms with Crippen molar-refractivity contribution in [2.45, 2.75) is 26.3 Å². The Labute approximate surface area is 157 Å². The summed E-state index contributed by atoms with van der Waals surface area (Å²) in [5.74, 6) is 0.779. The molecule has 7 nitrogen and oxygen atoms in total. The average molecular weight is 366 g/mol. The number of carbonyl (C=O) groups is 1. The summed E-state index contributed by atoms with van der Waals surface area (Å²) in [7, 11) is 0. The van der Waals surface area contributed by atoms with Crippen molar-refractivity contribution in [1.82, 2.24) is 20.7 Å². The van der Waals surface area contributed by atoms with Crippen LogP contribution in [0.15, 0.2) is 40.9 Å². The molecule has 2 N–H and O–H groups in total. The summed E-state index contributed by atoms with van der Waals surface area (Å²) in [6.07, 6.45) is 0.684. The van der Waals surface area contributed by atoms with Crippen LogP contribution in [-0.2, 0) is 11.2 Å². The Morgan fingerprint density at radius 1 is 1.22 bits per heavy atom. The zero-order valence-electron chi connectivity index (χ0n) is 15.4. The monoisotopic (exact) mass is 366 g/mol. The first-order valence-electron chi connectivity index (χ1n) is 9.02. The molecule has 2 aromatic heterocycles. The minimum Gasteiger partial charge on any atom is -0.379 e. The molecule has 4 rings (SSSR count). The smallest absolute Gasteiger partial charge is 0.269 e. The maximum atomic E-state index is 12.6. The number of hydrogen-bond donors (Lipinski definition) is 2. The molecular weight excluding hydrogens is 344 g/mol. The van der Waals surface area contributed by atoms with Crippen LogP contribution in [0.1, 0.15) is 27.5 Å². The van der Waals surface area contributed by atoms with E-state index >= 15 is 0 Å². The van der Waals surface area contributed by atoms with Crippen LogP contribution in [0.3, 0.4) is 0 Å². The van der Waals surface area contributed by atoms with Crippen LogP contribution in [0.5, 0.6) is 0 Å². The number of aromatic nitrogens is 3. The first-order valence-corrected chi connectivity index (χ1v) is 9.02. The van der Waals surface area contributed by atoms with E-state index in [2.05, 4.69) is 20.7 Å². The fourth-order valence-corrected chi connectivity index (χ4v) is 3.29. The number of amides is 1. The minimum atomic E-state index is -0.185. The van der Waals surface area contributed by atoms with Gasteiger partial charge in [0, 0.05) is 24.0 Å². The zero-order valence-corrected chi connectivity index (χ0v) is 15.4. The van der Waals surface area contributed by atoms with Gasteiger partial charge in [-0.15, -0.1) is 0 Å². The Hall–Kier alpha value is -2.93. The first-order chi connectivity index (χ1) is 13.1. The number of hydrogen-bond acceptors (Lipinski definition) is 5. The lowest BCUT2D eigenvalue weighted by Gasteiger charge is -2.17. The van der Waals surface area contributed by atoms with Crippen LogP contribution in [0.2, 0.25) is 0 Å². The molecule has 140 valence electrons. The van der Waals surface area contributed by atoms with Gasteiger partial charge in [-0.05, 0) is 19.9 Å². The lowest BCUT2D eigenvalue weighted by atomic mass is 9.98. The molecular formula is C20H22N4O3. The van der Waals surface area contributed by atoms with Gasteiger partial charge >= 0.3 is 0 Å². The van der Waals surface area contributed by atoms with Crippen molar-refractivity contribution in [2.24, 2.45) is 5.92 Å². The van der Waals surface area contributed by atoms with E-state index in [4.69, 9.17) is 9.26 Å². The topological polar surface area (TPSA) is 93.0 Å². The fourth-order valence-electron chi connectivity index (χ4n) is 3.29. The molecule has 1 fully saturated rings. The van der Waals surface area contributed by atoms with Crippen molar-refractivity contribution in [3.05, 3.63) is 59.1 Å². The van der Waals surface area contributed by atoms with E-state index in [1.165, 1.54) is 5.56 Å². The third-order valence-corrected chi connectivity index (χ3v) is 4.82. The van der Waals surface area contributed by atoms with Crippen molar-refractivity contribution in [2.75, 3.05) is 13.2 Å². The molecule has 27 heavy (non-hydrogen) atoms. The summed E-state index contributed by atoms with van der Waals surface area (Å²) >= 11 is 0. The number of rotatable bonds is 5. The van der Waals surface area contributed by atoms with Crippen LogP contribution >= 0.6 is 0 Å². The molecule has 1 aliphatic heterocycles. The highest BCUT2D eigenvalue weighted by molar-refractivity contribution is 5.93. The van der Waals surface area contributed by atoms with Gasteiger partial charge in [0.2, 0.25) is 0 Å². The number of aryl methyl sites for hydroxylation is 2. The Morgan fingerprint density at radius 2 is 2.04 bits per heavy atom. The summed E-state index contributed by atoms with van der Waals surface area (Å²) in [6, 6.07) is 11.6. The number of nitrogens with zero attached hydrogens (tertiary/aromatic N) is 2. The standard InChI is InChI=1S/C20H22N4O3/c1-12-3-5-14(6-4-12)17-9-18(23-22-17)20(25)21-19-11-26-10-15(19)8-16-7-13(2)24-27-16/h3-7,9,15,19H,8,10-11H2,1-2H3,(H,21,25)(H,22,23)/t15-,19+/m0/s1. The van der Waals surface area contributed by atoms with Gasteiger partial charge in [-0.3, -0.25) is 9.89 Å². The second-order valence-corrected chi connectivity index (χ2v) is 7.05. The predicted octanol–water partition coefficient (Wildman–Crippen LogP) is 2.67. The Morgan fingerprint density at radius 3 is 2.78 bits per heavy atom. The second-order valence-electron chi connectivity index (χ2n) is 7.05. The molecule has 0 unspecified atom stereocenters. The molecule has 0 bridgehead atoms. The summed E-state index contributed by atoms with van der Waals surface area (Å²) in [5.41, 5.74) is 4.19. The van der Waals surface area contributed by atoms with Gasteiger partial charge in [-0.25, -0.2) is 0 Å². The van der Waals surface area contributed by atoms with E-state index in [1.54, 1.807) is 6.07 Å². The maximum Gasteiger partial charge on any atom is 0.269 e. The summed E-state index contributed by atoms with van der Waals surface area (Å²) < 4.78 is 10.9. The largest absolute Gasteiger partial charge is 0.379 e. The van der Waals surface area contributed by atoms with Crippen LogP contribution < -0.4 is 5.32 Å². The first kappa shape index (κ1) is 17.5. The predicted molar refractivity (Wildman–Crippen MR) is 99.3 cm³/mol. The van der Waals surface area contributed by atoms with E-state index < -0.39 is 0 Å². The van der Waals surface area contributed by atoms with E-state index in [1.807, 2.05) is 44.2 Å². The summed E-state index contributed by atoms with van der Waals surface area (Å²) in [6.45, 7) is 5.00. The third-order valence-electron chi connectivity index (χ3n) is 4.82. The van der Waals surface area contributed by atoms with Crippen LogP contribution in [0.4, 0.5) is 0 Å². The quantitative estimate of drug-likeness (QED) is 0.724. The molecule has 3 aromatic rings. The van der Waals surface area contributed by atoms with Crippen LogP contribution in [0, 0.1) is 19.8 Å². The fraction of sp³-hybridized carbons (Fsp3) is 0.350. The molecule has 1 amide bonds. The van der Waals surface area contributed by atoms with Gasteiger partial charge in [-0.1, -0.05) is 35.0 Å². The van der Waals surface area contributed by atoms with E-state index in [0.29, 0.717) is 25.3 Å². The average Bonchev–Trinajstić information content (AvgIpc) is 3.38. The van der Waals surface area contributed by atoms with E-state index in [0.717, 1.165) is 22.7 Å². The normalized spacial score (nSPS) is 19.3. The highest BCUT2D eigenvalue weighted by Crippen LogP contribution is 2.21. The SMILES string of the molecule is Cc1ccc(-c2cc(C(=O)N[C@@H]3COC[C@@H]3Cc3cc(C)no3)[nH]n2)cc1. The van der Waals surface area contributed by atoms with Crippen molar-refractivity contribution in [3.8, 4) is 11.3 Å².